The number of nitrogens with zero attached hydrogens (tertiary/aromatic N) is 1. The number of para-hydroxylation sites is 1. The van der Waals surface area contributed by atoms with Crippen LogP contribution >= 0.6 is 0 Å². The van der Waals surface area contributed by atoms with E-state index in [1.165, 1.54) is 43.4 Å². The second-order valence-corrected chi connectivity index (χ2v) is 21.3. The lowest BCUT2D eigenvalue weighted by molar-refractivity contribution is 0.560. The van der Waals surface area contributed by atoms with Crippen LogP contribution in [0.25, 0.3) is 92.6 Å². The lowest BCUT2D eigenvalue weighted by atomic mass is 9.78. The molecule has 1 heterocycles. The summed E-state index contributed by atoms with van der Waals surface area (Å²) < 4.78 is 1.55. The smallest absolute Gasteiger partial charge is 0.266 e. The Morgan fingerprint density at radius 3 is 1.08 bits per heavy atom. The first-order valence-corrected chi connectivity index (χ1v) is 21.2. The summed E-state index contributed by atoms with van der Waals surface area (Å²) in [7, 11) is 0. The molecule has 0 radical (unpaired) electrons. The Bertz CT molecular complexity index is 3220. The maximum absolute atomic E-state index is 15.8. The molecule has 0 aliphatic heterocycles. The maximum Gasteiger partial charge on any atom is 0.266 e. The Hall–Kier alpha value is -5.80. The molecule has 0 spiro atoms. The van der Waals surface area contributed by atoms with Gasteiger partial charge in [-0.2, -0.15) is 0 Å². The van der Waals surface area contributed by atoms with Crippen molar-refractivity contribution in [2.24, 2.45) is 0 Å². The molecular weight excluding hydrogens is 719 g/mol. The van der Waals surface area contributed by atoms with Gasteiger partial charge in [0.2, 0.25) is 0 Å². The Balaban J connectivity index is 1.51. The first kappa shape index (κ1) is 37.5. The topological polar surface area (TPSA) is 39.1 Å². The largest absolute Gasteiger partial charge is 0.268 e. The fourth-order valence-electron chi connectivity index (χ4n) is 10.6. The van der Waals surface area contributed by atoms with Crippen molar-refractivity contribution in [1.29, 1.82) is 0 Å². The summed E-state index contributed by atoms with van der Waals surface area (Å²) in [5.41, 5.74) is 8.25. The number of rotatable bonds is 3. The maximum atomic E-state index is 15.8. The molecule has 0 aliphatic rings. The highest BCUT2D eigenvalue weighted by molar-refractivity contribution is 6.50. The van der Waals surface area contributed by atoms with Gasteiger partial charge in [-0.3, -0.25) is 9.59 Å². The number of hydrogen-bond acceptors (Lipinski definition) is 2. The van der Waals surface area contributed by atoms with Crippen LogP contribution in [0.5, 0.6) is 0 Å². The van der Waals surface area contributed by atoms with E-state index in [1.807, 2.05) is 0 Å². The SMILES string of the molecule is CC(C)(C)c1ccccc1-c1cc2c3c(=O)n(-c4c(C(C)(C)C)cccc4C(C)(C)C)c(=O)c3c3cc(-c4ccccc4C(C)(C)C)c4ccc5ccc1c1c5c4c3c21. The van der Waals surface area contributed by atoms with Crippen molar-refractivity contribution in [3.8, 4) is 27.9 Å². The van der Waals surface area contributed by atoms with Crippen molar-refractivity contribution >= 4 is 64.6 Å². The van der Waals surface area contributed by atoms with Gasteiger partial charge in [0.05, 0.1) is 16.5 Å². The Kier molecular flexibility index (Phi) is 7.56. The molecule has 0 unspecified atom stereocenters. The first-order chi connectivity index (χ1) is 27.7. The minimum absolute atomic E-state index is 0.130. The molecule has 0 N–H and O–H groups in total. The van der Waals surface area contributed by atoms with Crippen LogP contribution in [-0.4, -0.2) is 4.57 Å². The van der Waals surface area contributed by atoms with Gasteiger partial charge >= 0.3 is 0 Å². The van der Waals surface area contributed by atoms with Crippen LogP contribution in [0.15, 0.2) is 113 Å². The quantitative estimate of drug-likeness (QED) is 0.168. The van der Waals surface area contributed by atoms with Gasteiger partial charge in [-0.1, -0.05) is 174 Å². The van der Waals surface area contributed by atoms with Crippen LogP contribution < -0.4 is 11.1 Å². The predicted molar refractivity (Wildman–Crippen MR) is 254 cm³/mol. The molecule has 0 amide bonds. The van der Waals surface area contributed by atoms with Crippen molar-refractivity contribution in [2.75, 3.05) is 0 Å². The van der Waals surface area contributed by atoms with Crippen LogP contribution in [0.3, 0.4) is 0 Å². The predicted octanol–water partition coefficient (Wildman–Crippen LogP) is 14.4. The molecule has 0 saturated carbocycles. The molecule has 0 aliphatic carbocycles. The van der Waals surface area contributed by atoms with Gasteiger partial charge in [0.15, 0.2) is 0 Å². The molecule has 10 aromatic rings. The number of benzene rings is 8. The van der Waals surface area contributed by atoms with Gasteiger partial charge in [-0.05, 0) is 132 Å². The van der Waals surface area contributed by atoms with Crippen LogP contribution in [-0.2, 0) is 21.7 Å². The molecule has 59 heavy (non-hydrogen) atoms. The Labute approximate surface area is 346 Å². The fraction of sp³-hybridized carbons (Fsp3) is 0.286. The summed E-state index contributed by atoms with van der Waals surface area (Å²) in [6, 6.07) is 37.3. The van der Waals surface area contributed by atoms with Crippen molar-refractivity contribution in [2.45, 2.75) is 105 Å². The zero-order valence-electron chi connectivity index (χ0n) is 36.6. The monoisotopic (exact) mass is 771 g/mol. The van der Waals surface area contributed by atoms with E-state index < -0.39 is 0 Å². The van der Waals surface area contributed by atoms with E-state index in [0.717, 1.165) is 60.6 Å². The zero-order valence-corrected chi connectivity index (χ0v) is 36.6. The third kappa shape index (κ3) is 5.13. The van der Waals surface area contributed by atoms with E-state index in [2.05, 4.69) is 186 Å². The summed E-state index contributed by atoms with van der Waals surface area (Å²) in [6.45, 7) is 26.6. The molecule has 9 aromatic carbocycles. The first-order valence-electron chi connectivity index (χ1n) is 21.2. The van der Waals surface area contributed by atoms with E-state index in [4.69, 9.17) is 0 Å². The third-order valence-corrected chi connectivity index (χ3v) is 13.2. The van der Waals surface area contributed by atoms with Gasteiger partial charge in [-0.25, -0.2) is 4.57 Å². The summed E-state index contributed by atoms with van der Waals surface area (Å²) in [6.07, 6.45) is 0. The lowest BCUT2D eigenvalue weighted by Crippen LogP contribution is -2.31. The van der Waals surface area contributed by atoms with E-state index in [-0.39, 0.29) is 32.8 Å². The Morgan fingerprint density at radius 2 is 0.695 bits per heavy atom. The molecule has 0 saturated heterocycles. The Morgan fingerprint density at radius 1 is 0.339 bits per heavy atom. The van der Waals surface area contributed by atoms with Crippen LogP contribution in [0.1, 0.15) is 105 Å². The molecule has 1 aromatic heterocycles. The molecular formula is C56H53NO2. The lowest BCUT2D eigenvalue weighted by Gasteiger charge is -2.29. The minimum Gasteiger partial charge on any atom is -0.268 e. The molecule has 0 bridgehead atoms. The summed E-state index contributed by atoms with van der Waals surface area (Å²) in [4.78, 5) is 31.7. The van der Waals surface area contributed by atoms with E-state index in [1.54, 1.807) is 4.57 Å². The molecule has 294 valence electrons. The third-order valence-electron chi connectivity index (χ3n) is 13.2. The minimum atomic E-state index is -0.331. The summed E-state index contributed by atoms with van der Waals surface area (Å²) in [5, 5.41) is 12.0. The van der Waals surface area contributed by atoms with Gasteiger partial charge in [-0.15, -0.1) is 0 Å². The van der Waals surface area contributed by atoms with Crippen molar-refractivity contribution in [3.63, 3.8) is 0 Å². The second kappa shape index (κ2) is 11.9. The fourth-order valence-corrected chi connectivity index (χ4v) is 10.6. The molecule has 3 heteroatoms. The van der Waals surface area contributed by atoms with Crippen LogP contribution in [0.2, 0.25) is 0 Å². The number of fused-ring (bicyclic) bond motifs is 3. The highest BCUT2D eigenvalue weighted by atomic mass is 16.2. The molecule has 10 rings (SSSR count). The van der Waals surface area contributed by atoms with E-state index in [9.17, 15) is 0 Å². The molecule has 0 atom stereocenters. The summed E-state index contributed by atoms with van der Waals surface area (Å²) in [5.74, 6) is 0. The zero-order chi connectivity index (χ0) is 41.9. The number of aromatic nitrogens is 1. The molecule has 3 nitrogen and oxygen atoms in total. The highest BCUT2D eigenvalue weighted by Gasteiger charge is 2.34. The van der Waals surface area contributed by atoms with Crippen LogP contribution in [0.4, 0.5) is 0 Å². The van der Waals surface area contributed by atoms with E-state index in [0.29, 0.717) is 10.8 Å². The van der Waals surface area contributed by atoms with Crippen molar-refractivity contribution in [1.82, 2.24) is 4.57 Å². The second-order valence-electron chi connectivity index (χ2n) is 21.3. The standard InChI is InChI=1S/C56H53NO2/c1-53(2,3)39-20-15-13-18-31(39)35-28-37-46-44-33(35)26-24-30-25-27-34-36(32-19-14-16-21-40(32)54(4,5)6)29-38(47(46)45(34)43(30)44)49-48(37)51(58)57(52(49)59)50-41(55(7,8)9)22-17-23-42(50)56(10,11)12/h13-29H,1-12H3. The van der Waals surface area contributed by atoms with Gasteiger partial charge in [0.25, 0.3) is 11.1 Å². The van der Waals surface area contributed by atoms with E-state index >= 15 is 9.59 Å². The summed E-state index contributed by atoms with van der Waals surface area (Å²) >= 11 is 0. The molecule has 0 fully saturated rings. The van der Waals surface area contributed by atoms with Crippen LogP contribution in [0, 0.1) is 0 Å². The van der Waals surface area contributed by atoms with Crippen molar-refractivity contribution in [3.05, 3.63) is 146 Å². The highest BCUT2D eigenvalue weighted by Crippen LogP contribution is 2.55. The van der Waals surface area contributed by atoms with Gasteiger partial charge in [0, 0.05) is 0 Å². The number of hydrogen-bond donors (Lipinski definition) is 0. The van der Waals surface area contributed by atoms with Gasteiger partial charge < -0.3 is 0 Å². The normalized spacial score (nSPS) is 13.6. The van der Waals surface area contributed by atoms with Crippen molar-refractivity contribution < 1.29 is 0 Å². The average Bonchev–Trinajstić information content (AvgIpc) is 3.66. The van der Waals surface area contributed by atoms with Gasteiger partial charge in [0.1, 0.15) is 0 Å². The average molecular weight is 772 g/mol.